The highest BCUT2D eigenvalue weighted by molar-refractivity contribution is 14.0. The van der Waals surface area contributed by atoms with Gasteiger partial charge in [0.05, 0.1) is 18.8 Å². The summed E-state index contributed by atoms with van der Waals surface area (Å²) in [5.74, 6) is 1.49. The third kappa shape index (κ3) is 5.82. The Morgan fingerprint density at radius 2 is 2.18 bits per heavy atom. The molecule has 2 fully saturated rings. The molecule has 130 valence electrons. The number of nitrogens with one attached hydrogen (secondary N) is 1. The molecule has 0 bridgehead atoms. The molecule has 22 heavy (non-hydrogen) atoms. The summed E-state index contributed by atoms with van der Waals surface area (Å²) in [7, 11) is 1.75. The van der Waals surface area contributed by atoms with Crippen LogP contribution < -0.4 is 5.32 Å². The van der Waals surface area contributed by atoms with Crippen molar-refractivity contribution in [3.63, 3.8) is 0 Å². The molecule has 0 aromatic heterocycles. The first-order chi connectivity index (χ1) is 10.2. The van der Waals surface area contributed by atoms with E-state index in [1.165, 1.54) is 0 Å². The molecule has 2 saturated heterocycles. The van der Waals surface area contributed by atoms with Gasteiger partial charge in [-0.05, 0) is 13.3 Å². The smallest absolute Gasteiger partial charge is 0.194 e. The van der Waals surface area contributed by atoms with E-state index in [9.17, 15) is 5.11 Å². The van der Waals surface area contributed by atoms with E-state index in [2.05, 4.69) is 22.1 Å². The van der Waals surface area contributed by atoms with Crippen LogP contribution in [0.3, 0.4) is 0 Å². The second-order valence-corrected chi connectivity index (χ2v) is 6.06. The van der Waals surface area contributed by atoms with Crippen LogP contribution in [0.5, 0.6) is 0 Å². The zero-order valence-corrected chi connectivity index (χ0v) is 16.0. The molecule has 0 spiro atoms. The number of likely N-dealkylation sites (tertiary alicyclic amines) is 1. The van der Waals surface area contributed by atoms with Crippen molar-refractivity contribution in [3.05, 3.63) is 0 Å². The molecule has 0 amide bonds. The second-order valence-electron chi connectivity index (χ2n) is 6.06. The maximum Gasteiger partial charge on any atom is 0.194 e. The molecule has 1 atom stereocenters. The quantitative estimate of drug-likeness (QED) is 0.391. The van der Waals surface area contributed by atoms with Crippen molar-refractivity contribution in [1.82, 2.24) is 10.2 Å². The molecule has 2 heterocycles. The number of ether oxygens (including phenoxy) is 2. The third-order valence-corrected chi connectivity index (χ3v) is 4.27. The largest absolute Gasteiger partial charge is 0.388 e. The first-order valence-corrected chi connectivity index (χ1v) is 7.99. The first kappa shape index (κ1) is 19.9. The van der Waals surface area contributed by atoms with Gasteiger partial charge in [0.1, 0.15) is 0 Å². The van der Waals surface area contributed by atoms with E-state index in [0.717, 1.165) is 38.6 Å². The highest BCUT2D eigenvalue weighted by Gasteiger charge is 2.30. The Hall–Kier alpha value is -0.120. The van der Waals surface area contributed by atoms with Crippen molar-refractivity contribution >= 4 is 29.9 Å². The lowest BCUT2D eigenvalue weighted by atomic mass is 9.95. The lowest BCUT2D eigenvalue weighted by Crippen LogP contribution is -2.43. The van der Waals surface area contributed by atoms with Gasteiger partial charge in [-0.1, -0.05) is 0 Å². The molecule has 0 saturated carbocycles. The molecular weight excluding hydrogens is 397 g/mol. The zero-order chi connectivity index (χ0) is 15.1. The van der Waals surface area contributed by atoms with Crippen LogP contribution in [-0.2, 0) is 9.47 Å². The van der Waals surface area contributed by atoms with Crippen LogP contribution in [0.2, 0.25) is 0 Å². The van der Waals surface area contributed by atoms with Crippen LogP contribution in [0.1, 0.15) is 26.2 Å². The molecule has 2 aliphatic heterocycles. The number of rotatable bonds is 5. The van der Waals surface area contributed by atoms with Crippen LogP contribution in [-0.4, -0.2) is 74.7 Å². The molecule has 1 unspecified atom stereocenters. The fourth-order valence-electron chi connectivity index (χ4n) is 2.95. The van der Waals surface area contributed by atoms with Gasteiger partial charge in [-0.3, -0.25) is 4.99 Å². The molecule has 2 aliphatic rings. The van der Waals surface area contributed by atoms with Crippen LogP contribution in [0, 0.1) is 5.92 Å². The Morgan fingerprint density at radius 3 is 2.82 bits per heavy atom. The number of methoxy groups -OCH3 is 1. The maximum absolute atomic E-state index is 10.5. The minimum Gasteiger partial charge on any atom is -0.388 e. The third-order valence-electron chi connectivity index (χ3n) is 4.27. The number of nitrogens with zero attached hydrogens (tertiary/aromatic N) is 2. The molecule has 2 N–H and O–H groups in total. The molecule has 0 radical (unpaired) electrons. The van der Waals surface area contributed by atoms with Crippen LogP contribution in [0.15, 0.2) is 4.99 Å². The Kier molecular flexibility index (Phi) is 8.96. The van der Waals surface area contributed by atoms with Crippen LogP contribution in [0.25, 0.3) is 0 Å². The second kappa shape index (κ2) is 9.89. The average molecular weight is 427 g/mol. The number of hydrogen-bond acceptors (Lipinski definition) is 4. The maximum atomic E-state index is 10.5. The predicted octanol–water partition coefficient (Wildman–Crippen LogP) is 1.08. The van der Waals surface area contributed by atoms with Gasteiger partial charge in [-0.2, -0.15) is 0 Å². The lowest BCUT2D eigenvalue weighted by Gasteiger charge is -2.31. The fourth-order valence-corrected chi connectivity index (χ4v) is 2.95. The molecule has 0 aliphatic carbocycles. The molecule has 7 heteroatoms. The highest BCUT2D eigenvalue weighted by Crippen LogP contribution is 2.21. The molecule has 2 rings (SSSR count). The summed E-state index contributed by atoms with van der Waals surface area (Å²) in [4.78, 5) is 6.94. The summed E-state index contributed by atoms with van der Waals surface area (Å²) in [5.41, 5.74) is -0.704. The zero-order valence-electron chi connectivity index (χ0n) is 13.7. The van der Waals surface area contributed by atoms with Crippen molar-refractivity contribution in [1.29, 1.82) is 0 Å². The van der Waals surface area contributed by atoms with Gasteiger partial charge < -0.3 is 24.8 Å². The van der Waals surface area contributed by atoms with Gasteiger partial charge in [0.2, 0.25) is 0 Å². The summed E-state index contributed by atoms with van der Waals surface area (Å²) >= 11 is 0. The van der Waals surface area contributed by atoms with E-state index in [0.29, 0.717) is 38.5 Å². The predicted molar refractivity (Wildman–Crippen MR) is 98.0 cm³/mol. The van der Waals surface area contributed by atoms with Gasteiger partial charge in [0.25, 0.3) is 0 Å². The number of guanidine groups is 1. The standard InChI is InChI=1S/C15H29N3O3.HI/c1-3-16-14(18-7-4-13(10-18)11-20-2)17-12-15(19)5-8-21-9-6-15;/h13,19H,3-12H2,1-2H3,(H,16,17);1H. The molecule has 0 aromatic carbocycles. The summed E-state index contributed by atoms with van der Waals surface area (Å²) < 4.78 is 10.6. The summed E-state index contributed by atoms with van der Waals surface area (Å²) in [6.07, 6.45) is 2.47. The Balaban J connectivity index is 0.00000242. The van der Waals surface area contributed by atoms with Crippen molar-refractivity contribution < 1.29 is 14.6 Å². The molecular formula is C15H30IN3O3. The van der Waals surface area contributed by atoms with Crippen molar-refractivity contribution in [2.45, 2.75) is 31.8 Å². The van der Waals surface area contributed by atoms with E-state index in [1.807, 2.05) is 0 Å². The minimum atomic E-state index is -0.704. The van der Waals surface area contributed by atoms with Crippen LogP contribution in [0.4, 0.5) is 0 Å². The van der Waals surface area contributed by atoms with Crippen molar-refractivity contribution in [2.24, 2.45) is 10.9 Å². The Morgan fingerprint density at radius 1 is 1.45 bits per heavy atom. The van der Waals surface area contributed by atoms with E-state index in [4.69, 9.17) is 9.47 Å². The molecule has 0 aromatic rings. The van der Waals surface area contributed by atoms with E-state index < -0.39 is 5.60 Å². The average Bonchev–Trinajstić information content (AvgIpc) is 2.93. The Labute approximate surface area is 150 Å². The fraction of sp³-hybridized carbons (Fsp3) is 0.933. The lowest BCUT2D eigenvalue weighted by molar-refractivity contribution is -0.0566. The van der Waals surface area contributed by atoms with E-state index in [-0.39, 0.29) is 24.0 Å². The first-order valence-electron chi connectivity index (χ1n) is 7.99. The Bertz CT molecular complexity index is 349. The normalized spacial score (nSPS) is 25.0. The summed E-state index contributed by atoms with van der Waals surface area (Å²) in [5, 5.41) is 13.9. The van der Waals surface area contributed by atoms with Crippen molar-refractivity contribution in [2.75, 3.05) is 53.1 Å². The monoisotopic (exact) mass is 427 g/mol. The van der Waals surface area contributed by atoms with Crippen molar-refractivity contribution in [3.8, 4) is 0 Å². The van der Waals surface area contributed by atoms with Crippen LogP contribution >= 0.6 is 24.0 Å². The van der Waals surface area contributed by atoms with Gasteiger partial charge in [0, 0.05) is 58.7 Å². The van der Waals surface area contributed by atoms with Gasteiger partial charge in [0.15, 0.2) is 5.96 Å². The van der Waals surface area contributed by atoms with E-state index in [1.54, 1.807) is 7.11 Å². The number of halogens is 1. The number of hydrogen-bond donors (Lipinski definition) is 2. The minimum absolute atomic E-state index is 0. The number of aliphatic imine (C=N–C) groups is 1. The van der Waals surface area contributed by atoms with E-state index >= 15 is 0 Å². The summed E-state index contributed by atoms with van der Waals surface area (Å²) in [6, 6.07) is 0. The van der Waals surface area contributed by atoms with Gasteiger partial charge in [-0.25, -0.2) is 0 Å². The highest BCUT2D eigenvalue weighted by atomic mass is 127. The SMILES string of the molecule is CCNC(=NCC1(O)CCOCC1)N1CCC(COC)C1.I. The topological polar surface area (TPSA) is 66.3 Å². The van der Waals surface area contributed by atoms with Gasteiger partial charge >= 0.3 is 0 Å². The summed E-state index contributed by atoms with van der Waals surface area (Å²) in [6.45, 7) is 7.39. The number of aliphatic hydroxyl groups is 1. The van der Waals surface area contributed by atoms with Gasteiger partial charge in [-0.15, -0.1) is 24.0 Å². The molecule has 6 nitrogen and oxygen atoms in total.